The molecule has 3 N–H and O–H groups in total. The standard InChI is InChI=1S/C26H24Cl2F5N5O5/c27-15-7-6-14(10-16(15)28)11-18(37-21(40)17-4-1-2-8-34-17)23(42)38-9-3-5-19(38)22(41)35-12-20(39)26(32,33)24(43)36-13-25(29,30)31/h1-2,4,6-8,10,18-19H,3,5,9,11-13H2,(H,35,41)(H,36,43)(H,37,40). The number of ketones is 1. The summed E-state index contributed by atoms with van der Waals surface area (Å²) >= 11 is 12.1. The van der Waals surface area contributed by atoms with Crippen LogP contribution in [0.4, 0.5) is 22.0 Å². The molecule has 1 fully saturated rings. The second-order valence-electron chi connectivity index (χ2n) is 9.40. The van der Waals surface area contributed by atoms with Crippen molar-refractivity contribution < 1.29 is 45.9 Å². The molecule has 3 rings (SSSR count). The molecule has 2 aromatic rings. The van der Waals surface area contributed by atoms with E-state index in [1.165, 1.54) is 24.4 Å². The number of Topliss-reactive ketones (excluding diaryl/α,β-unsaturated/α-hetero) is 1. The number of nitrogens with one attached hydrogen (secondary N) is 3. The minimum absolute atomic E-state index is 0.00358. The van der Waals surface area contributed by atoms with Gasteiger partial charge >= 0.3 is 12.1 Å². The summed E-state index contributed by atoms with van der Waals surface area (Å²) in [5.41, 5.74) is 0.509. The molecule has 43 heavy (non-hydrogen) atoms. The third-order valence-electron chi connectivity index (χ3n) is 6.27. The summed E-state index contributed by atoms with van der Waals surface area (Å²) in [6, 6.07) is 6.62. The van der Waals surface area contributed by atoms with Crippen LogP contribution in [0.3, 0.4) is 0 Å². The lowest BCUT2D eigenvalue weighted by Gasteiger charge is -2.29. The molecule has 4 amide bonds. The Morgan fingerprint density at radius 1 is 1.00 bits per heavy atom. The number of aromatic nitrogens is 1. The van der Waals surface area contributed by atoms with E-state index in [2.05, 4.69) is 10.3 Å². The largest absolute Gasteiger partial charge is 0.405 e. The fourth-order valence-electron chi connectivity index (χ4n) is 4.15. The summed E-state index contributed by atoms with van der Waals surface area (Å²) in [6.07, 6.45) is -3.33. The third-order valence-corrected chi connectivity index (χ3v) is 7.01. The first-order valence-corrected chi connectivity index (χ1v) is 13.4. The number of amides is 4. The smallest absolute Gasteiger partial charge is 0.347 e. The highest BCUT2D eigenvalue weighted by Crippen LogP contribution is 2.25. The van der Waals surface area contributed by atoms with Crippen LogP contribution in [-0.4, -0.2) is 83.1 Å². The molecular weight excluding hydrogens is 628 g/mol. The van der Waals surface area contributed by atoms with Crippen molar-refractivity contribution in [3.63, 3.8) is 0 Å². The Kier molecular flexibility index (Phi) is 11.0. The number of hydrogen-bond acceptors (Lipinski definition) is 6. The van der Waals surface area contributed by atoms with E-state index in [1.807, 2.05) is 5.32 Å². The molecule has 1 saturated heterocycles. The maximum Gasteiger partial charge on any atom is 0.405 e. The Morgan fingerprint density at radius 2 is 1.72 bits per heavy atom. The van der Waals surface area contributed by atoms with Gasteiger partial charge in [0.1, 0.15) is 24.3 Å². The van der Waals surface area contributed by atoms with Crippen molar-refractivity contribution in [3.8, 4) is 0 Å². The SMILES string of the molecule is O=C(NC(Cc1ccc(Cl)c(Cl)c1)C(=O)N1CCCC1C(=O)NCC(=O)C(F)(F)C(=O)NCC(F)(F)F)c1ccccn1. The Morgan fingerprint density at radius 3 is 2.35 bits per heavy atom. The Balaban J connectivity index is 1.72. The van der Waals surface area contributed by atoms with E-state index in [-0.39, 0.29) is 35.1 Å². The number of pyridine rings is 1. The summed E-state index contributed by atoms with van der Waals surface area (Å²) in [5, 5.41) is 5.85. The van der Waals surface area contributed by atoms with Crippen molar-refractivity contribution in [2.45, 2.75) is 43.4 Å². The quantitative estimate of drug-likeness (QED) is 0.252. The van der Waals surface area contributed by atoms with Gasteiger partial charge in [0.25, 0.3) is 11.8 Å². The number of carbonyl (C=O) groups is 5. The van der Waals surface area contributed by atoms with Gasteiger partial charge < -0.3 is 20.9 Å². The zero-order chi connectivity index (χ0) is 31.9. The topological polar surface area (TPSA) is 138 Å². The molecule has 1 aromatic carbocycles. The molecule has 1 aromatic heterocycles. The number of likely N-dealkylation sites (tertiary alicyclic amines) is 1. The van der Waals surface area contributed by atoms with Crippen LogP contribution >= 0.6 is 23.2 Å². The van der Waals surface area contributed by atoms with Gasteiger partial charge in [-0.3, -0.25) is 29.0 Å². The first kappa shape index (κ1) is 33.6. The highest BCUT2D eigenvalue weighted by molar-refractivity contribution is 6.42. The van der Waals surface area contributed by atoms with Crippen LogP contribution in [0.15, 0.2) is 42.6 Å². The molecule has 0 aliphatic carbocycles. The normalized spacial score (nSPS) is 15.9. The molecule has 10 nitrogen and oxygen atoms in total. The maximum atomic E-state index is 14.0. The molecule has 17 heteroatoms. The van der Waals surface area contributed by atoms with Gasteiger partial charge in [0, 0.05) is 19.2 Å². The van der Waals surface area contributed by atoms with Crippen LogP contribution in [0.5, 0.6) is 0 Å². The lowest BCUT2D eigenvalue weighted by Crippen LogP contribution is -2.56. The fourth-order valence-corrected chi connectivity index (χ4v) is 4.47. The average molecular weight is 652 g/mol. The van der Waals surface area contributed by atoms with E-state index < -0.39 is 66.7 Å². The zero-order valence-corrected chi connectivity index (χ0v) is 23.5. The molecule has 232 valence electrons. The number of rotatable bonds is 11. The van der Waals surface area contributed by atoms with Gasteiger partial charge in [-0.1, -0.05) is 35.3 Å². The first-order valence-electron chi connectivity index (χ1n) is 12.6. The Bertz CT molecular complexity index is 1380. The van der Waals surface area contributed by atoms with Gasteiger partial charge in [-0.15, -0.1) is 0 Å². The molecule has 0 radical (unpaired) electrons. The van der Waals surface area contributed by atoms with Crippen molar-refractivity contribution in [3.05, 3.63) is 63.9 Å². The van der Waals surface area contributed by atoms with Crippen LogP contribution in [0.2, 0.25) is 10.0 Å². The van der Waals surface area contributed by atoms with E-state index in [1.54, 1.807) is 18.2 Å². The van der Waals surface area contributed by atoms with Crippen LogP contribution in [0.1, 0.15) is 28.9 Å². The second kappa shape index (κ2) is 14.1. The van der Waals surface area contributed by atoms with E-state index >= 15 is 0 Å². The fraction of sp³-hybridized carbons (Fsp3) is 0.385. The first-order chi connectivity index (χ1) is 20.1. The van der Waals surface area contributed by atoms with E-state index in [9.17, 15) is 45.9 Å². The zero-order valence-electron chi connectivity index (χ0n) is 22.0. The van der Waals surface area contributed by atoms with E-state index in [0.717, 1.165) is 10.2 Å². The van der Waals surface area contributed by atoms with Crippen molar-refractivity contribution in [2.75, 3.05) is 19.6 Å². The van der Waals surface area contributed by atoms with Crippen molar-refractivity contribution in [2.24, 2.45) is 0 Å². The minimum Gasteiger partial charge on any atom is -0.347 e. The summed E-state index contributed by atoms with van der Waals surface area (Å²) in [6.45, 7) is -3.44. The number of halogens is 7. The van der Waals surface area contributed by atoms with E-state index in [4.69, 9.17) is 23.2 Å². The summed E-state index contributed by atoms with van der Waals surface area (Å²) in [7, 11) is 0. The maximum absolute atomic E-state index is 14.0. The minimum atomic E-state index is -4.99. The lowest BCUT2D eigenvalue weighted by atomic mass is 10.0. The molecular formula is C26H24Cl2F5N5O5. The number of nitrogens with zero attached hydrogens (tertiary/aromatic N) is 2. The van der Waals surface area contributed by atoms with Crippen LogP contribution in [0.25, 0.3) is 0 Å². The van der Waals surface area contributed by atoms with Crippen LogP contribution in [-0.2, 0) is 25.6 Å². The Hall–Kier alpha value is -3.85. The number of benzene rings is 1. The third kappa shape index (κ3) is 9.07. The highest BCUT2D eigenvalue weighted by atomic mass is 35.5. The van der Waals surface area contributed by atoms with Crippen molar-refractivity contribution in [1.29, 1.82) is 0 Å². The van der Waals surface area contributed by atoms with Gasteiger partial charge in [0.2, 0.25) is 17.6 Å². The van der Waals surface area contributed by atoms with E-state index in [0.29, 0.717) is 12.0 Å². The Labute approximate surface area is 251 Å². The molecule has 0 spiro atoms. The lowest BCUT2D eigenvalue weighted by molar-refractivity contribution is -0.163. The van der Waals surface area contributed by atoms with Gasteiger partial charge in [-0.2, -0.15) is 22.0 Å². The molecule has 2 atom stereocenters. The van der Waals surface area contributed by atoms with Gasteiger partial charge in [-0.25, -0.2) is 0 Å². The van der Waals surface area contributed by atoms with Crippen LogP contribution < -0.4 is 16.0 Å². The number of alkyl halides is 5. The van der Waals surface area contributed by atoms with Gasteiger partial charge in [-0.05, 0) is 42.7 Å². The monoisotopic (exact) mass is 651 g/mol. The second-order valence-corrected chi connectivity index (χ2v) is 10.2. The number of carbonyl (C=O) groups excluding carboxylic acids is 5. The predicted molar refractivity (Wildman–Crippen MR) is 142 cm³/mol. The molecule has 0 saturated carbocycles. The number of hydrogen-bond donors (Lipinski definition) is 3. The summed E-state index contributed by atoms with van der Waals surface area (Å²) < 4.78 is 64.8. The summed E-state index contributed by atoms with van der Waals surface area (Å²) in [5.74, 6) is -11.9. The van der Waals surface area contributed by atoms with Crippen molar-refractivity contribution >= 4 is 52.6 Å². The molecule has 1 aliphatic rings. The molecule has 1 aliphatic heterocycles. The molecule has 0 bridgehead atoms. The van der Waals surface area contributed by atoms with Crippen LogP contribution in [0, 0.1) is 0 Å². The predicted octanol–water partition coefficient (Wildman–Crippen LogP) is 2.72. The van der Waals surface area contributed by atoms with Gasteiger partial charge in [0.15, 0.2) is 0 Å². The highest BCUT2D eigenvalue weighted by Gasteiger charge is 2.48. The van der Waals surface area contributed by atoms with Gasteiger partial charge in [0.05, 0.1) is 16.6 Å². The summed E-state index contributed by atoms with van der Waals surface area (Å²) in [4.78, 5) is 67.8. The molecule has 2 heterocycles. The average Bonchev–Trinajstić information content (AvgIpc) is 3.45. The molecule has 2 unspecified atom stereocenters. The van der Waals surface area contributed by atoms with Crippen molar-refractivity contribution in [1.82, 2.24) is 25.8 Å².